The van der Waals surface area contributed by atoms with Crippen LogP contribution in [0.5, 0.6) is 0 Å². The molecule has 164 valence electrons. The van der Waals surface area contributed by atoms with E-state index in [1.807, 2.05) is 69.3 Å². The summed E-state index contributed by atoms with van der Waals surface area (Å²) in [6.45, 7) is 9.84. The highest BCUT2D eigenvalue weighted by Crippen LogP contribution is 2.28. The lowest BCUT2D eigenvalue weighted by molar-refractivity contribution is -0.123. The molecule has 2 atom stereocenters. The first-order chi connectivity index (χ1) is 14.0. The van der Waals surface area contributed by atoms with Gasteiger partial charge in [-0.15, -0.1) is 0 Å². The average Bonchev–Trinajstić information content (AvgIpc) is 2.67. The summed E-state index contributed by atoms with van der Waals surface area (Å²) >= 11 is 0. The van der Waals surface area contributed by atoms with Crippen molar-refractivity contribution < 1.29 is 13.2 Å². The Labute approximate surface area is 181 Å². The Morgan fingerprint density at radius 2 is 1.70 bits per heavy atom. The topological polar surface area (TPSA) is 66.5 Å². The Bertz CT molecular complexity index is 956. The normalized spacial score (nSPS) is 13.7. The van der Waals surface area contributed by atoms with Crippen molar-refractivity contribution in [2.24, 2.45) is 5.92 Å². The summed E-state index contributed by atoms with van der Waals surface area (Å²) in [4.78, 5) is 13.4. The number of carbonyl (C=O) groups is 1. The number of amides is 1. The molecule has 0 aliphatic carbocycles. The Morgan fingerprint density at radius 3 is 2.23 bits per heavy atom. The van der Waals surface area contributed by atoms with Crippen LogP contribution in [0.3, 0.4) is 0 Å². The predicted molar refractivity (Wildman–Crippen MR) is 124 cm³/mol. The third-order valence-electron chi connectivity index (χ3n) is 5.16. The van der Waals surface area contributed by atoms with Gasteiger partial charge in [0.1, 0.15) is 6.04 Å². The molecule has 2 aromatic rings. The molecular weight excluding hydrogens is 396 g/mol. The summed E-state index contributed by atoms with van der Waals surface area (Å²) in [5.41, 5.74) is 3.34. The van der Waals surface area contributed by atoms with Crippen LogP contribution in [0.1, 0.15) is 56.3 Å². The van der Waals surface area contributed by atoms with Crippen LogP contribution in [0, 0.1) is 19.8 Å². The molecule has 1 N–H and O–H groups in total. The molecule has 2 unspecified atom stereocenters. The third kappa shape index (κ3) is 6.08. The van der Waals surface area contributed by atoms with E-state index in [-0.39, 0.29) is 11.9 Å². The standard InChI is InChI=1S/C24H34N2O3S/c1-7-22(26(30(6,28)29)23-16-18(4)13-14-19(23)5)24(27)25-21(15-17(2)3)20-11-9-8-10-12-20/h8-14,16-17,21-22H,7,15H2,1-6H3,(H,25,27). The molecule has 1 amide bonds. The quantitative estimate of drug-likeness (QED) is 0.624. The van der Waals surface area contributed by atoms with Crippen LogP contribution in [0.4, 0.5) is 5.69 Å². The first-order valence-corrected chi connectivity index (χ1v) is 12.3. The van der Waals surface area contributed by atoms with E-state index in [0.717, 1.165) is 29.4 Å². The molecule has 0 saturated heterocycles. The van der Waals surface area contributed by atoms with Gasteiger partial charge in [-0.3, -0.25) is 9.10 Å². The Kier molecular flexibility index (Phi) is 8.07. The highest BCUT2D eigenvalue weighted by molar-refractivity contribution is 7.92. The van der Waals surface area contributed by atoms with E-state index in [1.54, 1.807) is 0 Å². The zero-order valence-electron chi connectivity index (χ0n) is 18.8. The molecule has 2 aromatic carbocycles. The number of benzene rings is 2. The molecule has 0 saturated carbocycles. The second kappa shape index (κ2) is 10.1. The zero-order chi connectivity index (χ0) is 22.5. The number of nitrogens with one attached hydrogen (secondary N) is 1. The van der Waals surface area contributed by atoms with Crippen molar-refractivity contribution in [1.29, 1.82) is 0 Å². The van der Waals surface area contributed by atoms with Gasteiger partial charge >= 0.3 is 0 Å². The first kappa shape index (κ1) is 23.9. The van der Waals surface area contributed by atoms with Crippen molar-refractivity contribution in [2.45, 2.75) is 59.5 Å². The molecule has 0 bridgehead atoms. The summed E-state index contributed by atoms with van der Waals surface area (Å²) in [5.74, 6) is 0.0962. The molecule has 5 nitrogen and oxygen atoms in total. The maximum absolute atomic E-state index is 13.4. The highest BCUT2D eigenvalue weighted by Gasteiger charge is 2.33. The molecule has 0 spiro atoms. The van der Waals surface area contributed by atoms with Gasteiger partial charge in [0.2, 0.25) is 15.9 Å². The van der Waals surface area contributed by atoms with E-state index < -0.39 is 16.1 Å². The molecule has 6 heteroatoms. The molecule has 0 fully saturated rings. The molecular formula is C24H34N2O3S. The molecule has 2 rings (SSSR count). The summed E-state index contributed by atoms with van der Waals surface area (Å²) in [6, 6.07) is 14.5. The second-order valence-corrected chi connectivity index (χ2v) is 10.2. The summed E-state index contributed by atoms with van der Waals surface area (Å²) in [5, 5.41) is 3.13. The number of nitrogens with zero attached hydrogens (tertiary/aromatic N) is 1. The minimum absolute atomic E-state index is 0.173. The summed E-state index contributed by atoms with van der Waals surface area (Å²) < 4.78 is 26.8. The van der Waals surface area contributed by atoms with Crippen molar-refractivity contribution >= 4 is 21.6 Å². The molecule has 0 aromatic heterocycles. The molecule has 0 aliphatic rings. The number of aryl methyl sites for hydroxylation is 2. The van der Waals surface area contributed by atoms with Crippen LogP contribution in [-0.2, 0) is 14.8 Å². The number of sulfonamides is 1. The second-order valence-electron chi connectivity index (χ2n) is 8.37. The highest BCUT2D eigenvalue weighted by atomic mass is 32.2. The van der Waals surface area contributed by atoms with Crippen molar-refractivity contribution in [1.82, 2.24) is 5.32 Å². The van der Waals surface area contributed by atoms with Crippen molar-refractivity contribution in [3.8, 4) is 0 Å². The smallest absolute Gasteiger partial charge is 0.244 e. The van der Waals surface area contributed by atoms with E-state index in [9.17, 15) is 13.2 Å². The van der Waals surface area contributed by atoms with Crippen LogP contribution in [-0.4, -0.2) is 26.6 Å². The fourth-order valence-electron chi connectivity index (χ4n) is 3.70. The summed E-state index contributed by atoms with van der Waals surface area (Å²) in [7, 11) is -3.66. The average molecular weight is 431 g/mol. The number of hydrogen-bond donors (Lipinski definition) is 1. The van der Waals surface area contributed by atoms with Gasteiger partial charge in [-0.05, 0) is 55.4 Å². The minimum Gasteiger partial charge on any atom is -0.347 e. The monoisotopic (exact) mass is 430 g/mol. The number of anilines is 1. The van der Waals surface area contributed by atoms with Crippen LogP contribution in [0.15, 0.2) is 48.5 Å². The lowest BCUT2D eigenvalue weighted by atomic mass is 9.96. The van der Waals surface area contributed by atoms with Crippen LogP contribution < -0.4 is 9.62 Å². The maximum Gasteiger partial charge on any atom is 0.244 e. The van der Waals surface area contributed by atoms with Gasteiger partial charge in [0, 0.05) is 0 Å². The Morgan fingerprint density at radius 1 is 1.07 bits per heavy atom. The maximum atomic E-state index is 13.4. The van der Waals surface area contributed by atoms with Gasteiger partial charge in [-0.2, -0.15) is 0 Å². The van der Waals surface area contributed by atoms with Crippen LogP contribution in [0.2, 0.25) is 0 Å². The van der Waals surface area contributed by atoms with Crippen LogP contribution >= 0.6 is 0 Å². The summed E-state index contributed by atoms with van der Waals surface area (Å²) in [6.07, 6.45) is 2.30. The lowest BCUT2D eigenvalue weighted by Crippen LogP contribution is -2.50. The van der Waals surface area contributed by atoms with Gasteiger partial charge in [0.15, 0.2) is 0 Å². The first-order valence-electron chi connectivity index (χ1n) is 10.5. The third-order valence-corrected chi connectivity index (χ3v) is 6.32. The van der Waals surface area contributed by atoms with Crippen molar-refractivity contribution in [3.63, 3.8) is 0 Å². The number of rotatable bonds is 9. The van der Waals surface area contributed by atoms with E-state index >= 15 is 0 Å². The van der Waals surface area contributed by atoms with Gasteiger partial charge in [0.25, 0.3) is 0 Å². The number of hydrogen-bond acceptors (Lipinski definition) is 3. The number of carbonyl (C=O) groups excluding carboxylic acids is 1. The van der Waals surface area contributed by atoms with Gasteiger partial charge in [-0.25, -0.2) is 8.42 Å². The zero-order valence-corrected chi connectivity index (χ0v) is 19.7. The van der Waals surface area contributed by atoms with Crippen LogP contribution in [0.25, 0.3) is 0 Å². The molecule has 0 heterocycles. The van der Waals surface area contributed by atoms with E-state index in [2.05, 4.69) is 19.2 Å². The van der Waals surface area contributed by atoms with Gasteiger partial charge in [0.05, 0.1) is 18.0 Å². The predicted octanol–water partition coefficient (Wildman–Crippen LogP) is 4.75. The van der Waals surface area contributed by atoms with Gasteiger partial charge in [-0.1, -0.05) is 63.2 Å². The Balaban J connectivity index is 2.43. The largest absolute Gasteiger partial charge is 0.347 e. The minimum atomic E-state index is -3.66. The SMILES string of the molecule is CCC(C(=O)NC(CC(C)C)c1ccccc1)N(c1cc(C)ccc1C)S(C)(=O)=O. The van der Waals surface area contributed by atoms with Crippen molar-refractivity contribution in [2.75, 3.05) is 10.6 Å². The van der Waals surface area contributed by atoms with Crippen molar-refractivity contribution in [3.05, 3.63) is 65.2 Å². The molecule has 0 aliphatic heterocycles. The molecule has 0 radical (unpaired) electrons. The van der Waals surface area contributed by atoms with Gasteiger partial charge < -0.3 is 5.32 Å². The van der Waals surface area contributed by atoms with E-state index in [4.69, 9.17) is 0 Å². The molecule has 30 heavy (non-hydrogen) atoms. The lowest BCUT2D eigenvalue weighted by Gasteiger charge is -2.33. The Hall–Kier alpha value is -2.34. The van der Waals surface area contributed by atoms with E-state index in [0.29, 0.717) is 18.0 Å². The fraction of sp³-hybridized carbons (Fsp3) is 0.458. The fourth-order valence-corrected chi connectivity index (χ4v) is 4.96. The van der Waals surface area contributed by atoms with E-state index in [1.165, 1.54) is 4.31 Å².